The lowest BCUT2D eigenvalue weighted by atomic mass is 9.82. The molecule has 2 nitrogen and oxygen atoms in total. The van der Waals surface area contributed by atoms with Crippen molar-refractivity contribution in [2.75, 3.05) is 0 Å². The van der Waals surface area contributed by atoms with E-state index in [1.54, 1.807) is 6.08 Å². The molecule has 94 valence electrons. The summed E-state index contributed by atoms with van der Waals surface area (Å²) in [7, 11) is 0. The van der Waals surface area contributed by atoms with Crippen LogP contribution in [0.15, 0.2) is 23.8 Å². The van der Waals surface area contributed by atoms with Crippen LogP contribution in [0.1, 0.15) is 46.5 Å². The van der Waals surface area contributed by atoms with Crippen molar-refractivity contribution in [2.24, 2.45) is 11.8 Å². The number of rotatable bonds is 5. The Balaban J connectivity index is 2.54. The van der Waals surface area contributed by atoms with Crippen molar-refractivity contribution in [3.63, 3.8) is 0 Å². The topological polar surface area (TPSA) is 34.1 Å². The fraction of sp³-hybridized carbons (Fsp3) is 0.600. The minimum absolute atomic E-state index is 0.121. The van der Waals surface area contributed by atoms with E-state index in [1.807, 2.05) is 20.8 Å². The molecule has 17 heavy (non-hydrogen) atoms. The first kappa shape index (κ1) is 13.9. The van der Waals surface area contributed by atoms with Gasteiger partial charge >= 0.3 is 0 Å². The van der Waals surface area contributed by atoms with Crippen molar-refractivity contribution in [1.29, 1.82) is 0 Å². The lowest BCUT2D eigenvalue weighted by molar-refractivity contribution is -0.119. The molecule has 0 aromatic rings. The molecule has 0 amide bonds. The summed E-state index contributed by atoms with van der Waals surface area (Å²) >= 11 is 0. The molecule has 0 aromatic heterocycles. The molecule has 1 aliphatic rings. The average molecular weight is 234 g/mol. The Hall–Kier alpha value is -1.18. The van der Waals surface area contributed by atoms with Gasteiger partial charge in [-0.15, -0.1) is 0 Å². The number of carbonyl (C=O) groups excluding carboxylic acids is 2. The van der Waals surface area contributed by atoms with Gasteiger partial charge in [-0.25, -0.2) is 0 Å². The van der Waals surface area contributed by atoms with Crippen LogP contribution in [0, 0.1) is 11.8 Å². The summed E-state index contributed by atoms with van der Waals surface area (Å²) in [5.74, 6) is 0.564. The molecule has 0 N–H and O–H groups in total. The number of ketones is 2. The Labute approximate surface area is 104 Å². The van der Waals surface area contributed by atoms with Crippen LogP contribution in [0.3, 0.4) is 0 Å². The highest BCUT2D eigenvalue weighted by Crippen LogP contribution is 2.27. The Morgan fingerprint density at radius 2 is 2.18 bits per heavy atom. The lowest BCUT2D eigenvalue weighted by Crippen LogP contribution is -2.20. The molecule has 0 radical (unpaired) electrons. The fourth-order valence-corrected chi connectivity index (χ4v) is 2.24. The van der Waals surface area contributed by atoms with Gasteiger partial charge < -0.3 is 0 Å². The van der Waals surface area contributed by atoms with Crippen LogP contribution in [-0.4, -0.2) is 11.6 Å². The summed E-state index contributed by atoms with van der Waals surface area (Å²) in [6, 6.07) is 0. The largest absolute Gasteiger partial charge is 0.299 e. The summed E-state index contributed by atoms with van der Waals surface area (Å²) in [6.07, 6.45) is 4.39. The zero-order chi connectivity index (χ0) is 13.0. The van der Waals surface area contributed by atoms with E-state index in [4.69, 9.17) is 0 Å². The van der Waals surface area contributed by atoms with Crippen molar-refractivity contribution < 1.29 is 9.59 Å². The molecule has 0 saturated heterocycles. The molecule has 0 unspecified atom stereocenters. The quantitative estimate of drug-likeness (QED) is 0.682. The number of hydrogen-bond acceptors (Lipinski definition) is 2. The molecule has 0 saturated carbocycles. The van der Waals surface area contributed by atoms with Crippen LogP contribution in [-0.2, 0) is 9.59 Å². The third-order valence-electron chi connectivity index (χ3n) is 3.11. The van der Waals surface area contributed by atoms with E-state index in [9.17, 15) is 9.59 Å². The molecule has 1 atom stereocenters. The summed E-state index contributed by atoms with van der Waals surface area (Å²) in [4.78, 5) is 23.5. The van der Waals surface area contributed by atoms with E-state index in [-0.39, 0.29) is 17.5 Å². The van der Waals surface area contributed by atoms with Crippen molar-refractivity contribution in [1.82, 2.24) is 0 Å². The second kappa shape index (κ2) is 5.95. The van der Waals surface area contributed by atoms with Crippen LogP contribution in [0.25, 0.3) is 0 Å². The Morgan fingerprint density at radius 1 is 1.53 bits per heavy atom. The molecule has 0 aliphatic heterocycles. The van der Waals surface area contributed by atoms with Crippen molar-refractivity contribution >= 4 is 11.6 Å². The molecule has 1 rings (SSSR count). The predicted molar refractivity (Wildman–Crippen MR) is 69.7 cm³/mol. The van der Waals surface area contributed by atoms with E-state index in [2.05, 4.69) is 6.58 Å². The second-order valence-electron chi connectivity index (χ2n) is 5.46. The van der Waals surface area contributed by atoms with E-state index < -0.39 is 0 Å². The van der Waals surface area contributed by atoms with Gasteiger partial charge in [0.15, 0.2) is 5.78 Å². The normalized spacial score (nSPS) is 20.4. The molecule has 0 aromatic carbocycles. The van der Waals surface area contributed by atoms with Gasteiger partial charge in [-0.2, -0.15) is 0 Å². The molecule has 0 heterocycles. The number of Topliss-reactive ketones (excluding diaryl/α,β-unsaturated/α-hetero) is 1. The van der Waals surface area contributed by atoms with Gasteiger partial charge in [0.1, 0.15) is 5.78 Å². The third kappa shape index (κ3) is 4.29. The summed E-state index contributed by atoms with van der Waals surface area (Å²) in [5, 5.41) is 0. The predicted octanol–water partition coefficient (Wildman–Crippen LogP) is 3.47. The standard InChI is InChI=1S/C15H22O2/c1-10(2)7-13(16)9-12(4)14-6-5-11(3)8-15(14)17/h8,10,14H,4-7,9H2,1-3H3/t14-/m0/s1. The second-order valence-corrected chi connectivity index (χ2v) is 5.46. The molecule has 0 fully saturated rings. The maximum Gasteiger partial charge on any atom is 0.162 e. The zero-order valence-electron chi connectivity index (χ0n) is 11.1. The van der Waals surface area contributed by atoms with Crippen LogP contribution in [0.5, 0.6) is 0 Å². The molecule has 0 bridgehead atoms. The van der Waals surface area contributed by atoms with Gasteiger partial charge in [-0.1, -0.05) is 31.6 Å². The third-order valence-corrected chi connectivity index (χ3v) is 3.11. The van der Waals surface area contributed by atoms with Crippen molar-refractivity contribution in [3.05, 3.63) is 23.8 Å². The highest BCUT2D eigenvalue weighted by Gasteiger charge is 2.24. The zero-order valence-corrected chi connectivity index (χ0v) is 11.1. The Morgan fingerprint density at radius 3 is 2.71 bits per heavy atom. The molecule has 1 aliphatic carbocycles. The van der Waals surface area contributed by atoms with Gasteiger partial charge in [0.25, 0.3) is 0 Å². The first-order chi connectivity index (χ1) is 7.90. The van der Waals surface area contributed by atoms with Crippen LogP contribution in [0.4, 0.5) is 0 Å². The monoisotopic (exact) mass is 234 g/mol. The minimum atomic E-state index is -0.130. The van der Waals surface area contributed by atoms with Gasteiger partial charge in [0.05, 0.1) is 0 Å². The highest BCUT2D eigenvalue weighted by atomic mass is 16.1. The number of carbonyl (C=O) groups is 2. The fourth-order valence-electron chi connectivity index (χ4n) is 2.24. The van der Waals surface area contributed by atoms with Gasteiger partial charge in [-0.3, -0.25) is 9.59 Å². The van der Waals surface area contributed by atoms with E-state index in [0.29, 0.717) is 18.8 Å². The first-order valence-electron chi connectivity index (χ1n) is 6.30. The summed E-state index contributed by atoms with van der Waals surface area (Å²) in [6.45, 7) is 9.96. The van der Waals surface area contributed by atoms with Crippen LogP contribution >= 0.6 is 0 Å². The average Bonchev–Trinajstić information content (AvgIpc) is 2.15. The van der Waals surface area contributed by atoms with E-state index >= 15 is 0 Å². The maximum atomic E-state index is 11.8. The molecule has 2 heteroatoms. The van der Waals surface area contributed by atoms with Crippen LogP contribution < -0.4 is 0 Å². The highest BCUT2D eigenvalue weighted by molar-refractivity contribution is 5.96. The summed E-state index contributed by atoms with van der Waals surface area (Å²) < 4.78 is 0. The van der Waals surface area contributed by atoms with Crippen LogP contribution in [0.2, 0.25) is 0 Å². The smallest absolute Gasteiger partial charge is 0.162 e. The van der Waals surface area contributed by atoms with E-state index in [1.165, 1.54) is 0 Å². The molecular weight excluding hydrogens is 212 g/mol. The van der Waals surface area contributed by atoms with Crippen molar-refractivity contribution in [3.8, 4) is 0 Å². The minimum Gasteiger partial charge on any atom is -0.299 e. The number of allylic oxidation sites excluding steroid dienone is 3. The van der Waals surface area contributed by atoms with Gasteiger partial charge in [0.2, 0.25) is 0 Å². The van der Waals surface area contributed by atoms with E-state index in [0.717, 1.165) is 24.0 Å². The van der Waals surface area contributed by atoms with Crippen molar-refractivity contribution in [2.45, 2.75) is 46.5 Å². The van der Waals surface area contributed by atoms with Gasteiger partial charge in [0, 0.05) is 18.8 Å². The maximum absolute atomic E-state index is 11.8. The Bertz CT molecular complexity index is 361. The molecular formula is C15H22O2. The SMILES string of the molecule is C=C(CC(=O)CC(C)C)[C@@H]1CCC(C)=CC1=O. The van der Waals surface area contributed by atoms with Gasteiger partial charge in [-0.05, 0) is 31.8 Å². The first-order valence-corrected chi connectivity index (χ1v) is 6.30. The molecule has 0 spiro atoms. The number of hydrogen-bond donors (Lipinski definition) is 0. The summed E-state index contributed by atoms with van der Waals surface area (Å²) in [5.41, 5.74) is 1.93. The Kier molecular flexibility index (Phi) is 4.86. The lowest BCUT2D eigenvalue weighted by Gasteiger charge is -2.21.